The van der Waals surface area contributed by atoms with Crippen molar-refractivity contribution in [2.24, 2.45) is 5.73 Å². The highest BCUT2D eigenvalue weighted by Crippen LogP contribution is 2.12. The van der Waals surface area contributed by atoms with Crippen molar-refractivity contribution < 1.29 is 22.7 Å². The second-order valence-electron chi connectivity index (χ2n) is 3.51. The number of ether oxygens (including phenoxy) is 1. The van der Waals surface area contributed by atoms with Crippen LogP contribution in [0.4, 0.5) is 0 Å². The summed E-state index contributed by atoms with van der Waals surface area (Å²) in [7, 11) is -3.62. The van der Waals surface area contributed by atoms with Crippen molar-refractivity contribution in [3.05, 3.63) is 17.9 Å². The van der Waals surface area contributed by atoms with Crippen LogP contribution in [0.15, 0.2) is 21.6 Å². The van der Waals surface area contributed by atoms with Gasteiger partial charge in [-0.2, -0.15) is 0 Å². The highest BCUT2D eigenvalue weighted by Gasteiger charge is 2.17. The van der Waals surface area contributed by atoms with E-state index in [-0.39, 0.29) is 31.4 Å². The largest absolute Gasteiger partial charge is 0.447 e. The van der Waals surface area contributed by atoms with Gasteiger partial charge >= 0.3 is 0 Å². The van der Waals surface area contributed by atoms with E-state index in [9.17, 15) is 8.42 Å². The molecule has 0 saturated carbocycles. The third-order valence-corrected chi connectivity index (χ3v) is 3.43. The molecule has 7 nitrogen and oxygen atoms in total. The maximum atomic E-state index is 11.7. The van der Waals surface area contributed by atoms with E-state index in [4.69, 9.17) is 20.0 Å². The molecule has 104 valence electrons. The Balaban J connectivity index is 2.36. The van der Waals surface area contributed by atoms with Crippen LogP contribution in [0.25, 0.3) is 0 Å². The zero-order valence-electron chi connectivity index (χ0n) is 9.96. The van der Waals surface area contributed by atoms with Crippen LogP contribution < -0.4 is 10.5 Å². The fraction of sp³-hybridized carbons (Fsp3) is 0.600. The molecule has 0 atom stereocenters. The van der Waals surface area contributed by atoms with Gasteiger partial charge in [-0.25, -0.2) is 13.1 Å². The maximum absolute atomic E-state index is 11.7. The summed E-state index contributed by atoms with van der Waals surface area (Å²) in [6.07, 6.45) is 0.518. The third-order valence-electron chi connectivity index (χ3n) is 2.10. The number of hydrogen-bond acceptors (Lipinski definition) is 6. The molecule has 0 fully saturated rings. The highest BCUT2D eigenvalue weighted by atomic mass is 32.2. The normalized spacial score (nSPS) is 11.9. The molecule has 0 aliphatic rings. The molecule has 1 heterocycles. The number of nitrogens with two attached hydrogens (primary N) is 1. The summed E-state index contributed by atoms with van der Waals surface area (Å²) >= 11 is 0. The first-order chi connectivity index (χ1) is 8.60. The summed E-state index contributed by atoms with van der Waals surface area (Å²) in [4.78, 5) is 0. The molecule has 4 N–H and O–H groups in total. The van der Waals surface area contributed by atoms with Gasteiger partial charge in [0.05, 0.1) is 19.8 Å². The fourth-order valence-electron chi connectivity index (χ4n) is 1.23. The van der Waals surface area contributed by atoms with Gasteiger partial charge in [0.1, 0.15) is 5.76 Å². The van der Waals surface area contributed by atoms with E-state index in [0.29, 0.717) is 18.8 Å². The SMILES string of the molecule is NCc1ccc(S(=O)(=O)NCCCOCCO)o1. The Hall–Kier alpha value is -0.930. The number of rotatable bonds is 9. The molecule has 1 rings (SSSR count). The van der Waals surface area contributed by atoms with Gasteiger partial charge < -0.3 is 20.0 Å². The van der Waals surface area contributed by atoms with E-state index >= 15 is 0 Å². The van der Waals surface area contributed by atoms with Gasteiger partial charge in [0, 0.05) is 13.2 Å². The number of nitrogens with one attached hydrogen (secondary N) is 1. The maximum Gasteiger partial charge on any atom is 0.273 e. The lowest BCUT2D eigenvalue weighted by molar-refractivity contribution is 0.0913. The van der Waals surface area contributed by atoms with Gasteiger partial charge in [0.2, 0.25) is 5.09 Å². The van der Waals surface area contributed by atoms with Gasteiger partial charge in [-0.1, -0.05) is 0 Å². The Morgan fingerprint density at radius 2 is 2.17 bits per heavy atom. The van der Waals surface area contributed by atoms with Crippen LogP contribution >= 0.6 is 0 Å². The van der Waals surface area contributed by atoms with Crippen LogP contribution in [0.5, 0.6) is 0 Å². The molecule has 0 saturated heterocycles. The van der Waals surface area contributed by atoms with E-state index in [1.54, 1.807) is 0 Å². The van der Waals surface area contributed by atoms with Crippen LogP contribution in [0, 0.1) is 0 Å². The summed E-state index contributed by atoms with van der Waals surface area (Å²) in [6, 6.07) is 2.89. The van der Waals surface area contributed by atoms with Crippen molar-refractivity contribution in [2.45, 2.75) is 18.1 Å². The van der Waals surface area contributed by atoms with Crippen LogP contribution in [0.1, 0.15) is 12.2 Å². The molecule has 0 unspecified atom stereocenters. The van der Waals surface area contributed by atoms with E-state index in [2.05, 4.69) is 4.72 Å². The van der Waals surface area contributed by atoms with E-state index in [1.807, 2.05) is 0 Å². The molecule has 0 aliphatic heterocycles. The lowest BCUT2D eigenvalue weighted by Crippen LogP contribution is -2.25. The molecule has 0 aliphatic carbocycles. The first-order valence-corrected chi connectivity index (χ1v) is 7.05. The molecule has 1 aromatic heterocycles. The molecule has 18 heavy (non-hydrogen) atoms. The Labute approximate surface area is 106 Å². The Morgan fingerprint density at radius 1 is 1.39 bits per heavy atom. The van der Waals surface area contributed by atoms with Gasteiger partial charge in [0.15, 0.2) is 0 Å². The predicted octanol–water partition coefficient (Wildman–Crippen LogP) is -0.584. The topological polar surface area (TPSA) is 115 Å². The molecule has 8 heteroatoms. The molecule has 0 aromatic carbocycles. The lowest BCUT2D eigenvalue weighted by atomic mass is 10.5. The van der Waals surface area contributed by atoms with Gasteiger partial charge in [-0.15, -0.1) is 0 Å². The first kappa shape index (κ1) is 15.1. The van der Waals surface area contributed by atoms with Crippen molar-refractivity contribution in [1.82, 2.24) is 4.72 Å². The number of furan rings is 1. The molecule has 0 amide bonds. The van der Waals surface area contributed by atoms with Crippen LogP contribution in [0.3, 0.4) is 0 Å². The minimum Gasteiger partial charge on any atom is -0.447 e. The Bertz CT molecular complexity index is 443. The minimum absolute atomic E-state index is 0.0417. The quantitative estimate of drug-likeness (QED) is 0.520. The van der Waals surface area contributed by atoms with Crippen molar-refractivity contribution in [3.63, 3.8) is 0 Å². The standard InChI is InChI=1S/C10H18N2O5S/c11-8-9-2-3-10(17-9)18(14,15)12-4-1-6-16-7-5-13/h2-3,12-13H,1,4-8,11H2. The Morgan fingerprint density at radius 3 is 2.78 bits per heavy atom. The monoisotopic (exact) mass is 278 g/mol. The predicted molar refractivity (Wildman–Crippen MR) is 64.3 cm³/mol. The van der Waals surface area contributed by atoms with Crippen molar-refractivity contribution in [3.8, 4) is 0 Å². The zero-order chi connectivity index (χ0) is 13.4. The van der Waals surface area contributed by atoms with Crippen molar-refractivity contribution in [1.29, 1.82) is 0 Å². The first-order valence-electron chi connectivity index (χ1n) is 5.57. The van der Waals surface area contributed by atoms with Gasteiger partial charge in [-0.05, 0) is 18.6 Å². The van der Waals surface area contributed by atoms with E-state index in [1.165, 1.54) is 12.1 Å². The van der Waals surface area contributed by atoms with Crippen LogP contribution in [-0.2, 0) is 21.3 Å². The van der Waals surface area contributed by atoms with Gasteiger partial charge in [-0.3, -0.25) is 0 Å². The zero-order valence-corrected chi connectivity index (χ0v) is 10.8. The molecule has 0 bridgehead atoms. The van der Waals surface area contributed by atoms with E-state index in [0.717, 1.165) is 0 Å². The average molecular weight is 278 g/mol. The molecular formula is C10H18N2O5S. The smallest absolute Gasteiger partial charge is 0.273 e. The number of aliphatic hydroxyl groups excluding tert-OH is 1. The second-order valence-corrected chi connectivity index (χ2v) is 5.21. The fourth-order valence-corrected chi connectivity index (χ4v) is 2.25. The Kier molecular flexibility index (Phi) is 6.30. The van der Waals surface area contributed by atoms with E-state index < -0.39 is 10.0 Å². The second kappa shape index (κ2) is 7.49. The van der Waals surface area contributed by atoms with Gasteiger partial charge in [0.25, 0.3) is 10.0 Å². The highest BCUT2D eigenvalue weighted by molar-refractivity contribution is 7.89. The molecule has 0 spiro atoms. The summed E-state index contributed by atoms with van der Waals surface area (Å²) in [6.45, 7) is 0.997. The molecule has 0 radical (unpaired) electrons. The minimum atomic E-state index is -3.62. The summed E-state index contributed by atoms with van der Waals surface area (Å²) in [5.41, 5.74) is 5.33. The van der Waals surface area contributed by atoms with Crippen LogP contribution in [-0.4, -0.2) is 39.9 Å². The number of aliphatic hydroxyl groups is 1. The summed E-state index contributed by atoms with van der Waals surface area (Å²) in [5, 5.41) is 8.33. The van der Waals surface area contributed by atoms with Crippen molar-refractivity contribution in [2.75, 3.05) is 26.4 Å². The summed E-state index contributed by atoms with van der Waals surface area (Å²) in [5.74, 6) is 0.418. The number of hydrogen-bond donors (Lipinski definition) is 3. The summed E-state index contributed by atoms with van der Waals surface area (Å²) < 4.78 is 35.9. The molecular weight excluding hydrogens is 260 g/mol. The van der Waals surface area contributed by atoms with Crippen LogP contribution in [0.2, 0.25) is 0 Å². The molecule has 1 aromatic rings. The average Bonchev–Trinajstić information content (AvgIpc) is 2.83. The van der Waals surface area contributed by atoms with Crippen molar-refractivity contribution >= 4 is 10.0 Å². The third kappa shape index (κ3) is 4.75. The lowest BCUT2D eigenvalue weighted by Gasteiger charge is -2.04. The number of sulfonamides is 1.